The molecule has 3 aromatic rings. The van der Waals surface area contributed by atoms with E-state index < -0.39 is 5.97 Å². The van der Waals surface area contributed by atoms with Gasteiger partial charge < -0.3 is 33.4 Å². The van der Waals surface area contributed by atoms with Crippen LogP contribution in [0.2, 0.25) is 0 Å². The fourth-order valence-electron chi connectivity index (χ4n) is 2.95. The minimum absolute atomic E-state index is 0.0644. The fraction of sp³-hybridized carbons (Fsp3) is 0.158. The second kappa shape index (κ2) is 6.56. The Morgan fingerprint density at radius 1 is 1.07 bits per heavy atom. The average Bonchev–Trinajstić information content (AvgIpc) is 3.35. The zero-order valence-corrected chi connectivity index (χ0v) is 14.5. The maximum Gasteiger partial charge on any atom is 0.231 e. The molecule has 0 fully saturated rings. The molecular weight excluding hydrogens is 354 g/mol. The number of benzene rings is 2. The van der Waals surface area contributed by atoms with Crippen molar-refractivity contribution in [3.05, 3.63) is 42.1 Å². The molecule has 0 spiro atoms. The molecule has 0 bridgehead atoms. The third-order valence-corrected chi connectivity index (χ3v) is 4.22. The van der Waals surface area contributed by atoms with Gasteiger partial charge in [-0.3, -0.25) is 0 Å². The number of aromatic carboxylic acids is 1. The Balaban J connectivity index is 1.83. The van der Waals surface area contributed by atoms with E-state index in [9.17, 15) is 9.90 Å². The van der Waals surface area contributed by atoms with E-state index in [-0.39, 0.29) is 18.1 Å². The Hall–Kier alpha value is -3.68. The van der Waals surface area contributed by atoms with E-state index in [0.29, 0.717) is 39.7 Å². The number of rotatable bonds is 5. The quantitative estimate of drug-likeness (QED) is 0.675. The van der Waals surface area contributed by atoms with Crippen molar-refractivity contribution in [3.63, 3.8) is 0 Å². The van der Waals surface area contributed by atoms with Crippen molar-refractivity contribution < 1.29 is 33.4 Å². The standard InChI is InChI=1S/C19H15NO7/c1-23-14-4-3-10(5-12(14)19(21)22)13-8-20-27-17(13)11-6-15(24-2)18-16(7-11)25-9-26-18/h3-8H,9H2,1-2H3,(H,21,22)/p-1. The molecule has 8 nitrogen and oxygen atoms in total. The first kappa shape index (κ1) is 16.8. The molecule has 27 heavy (non-hydrogen) atoms. The van der Waals surface area contributed by atoms with Crippen molar-refractivity contribution in [3.8, 4) is 45.4 Å². The minimum atomic E-state index is -1.34. The molecular formula is C19H14NO7-. The summed E-state index contributed by atoms with van der Waals surface area (Å²) in [6.07, 6.45) is 1.51. The second-order valence-electron chi connectivity index (χ2n) is 5.68. The number of hydrogen-bond donors (Lipinski definition) is 0. The summed E-state index contributed by atoms with van der Waals surface area (Å²) in [7, 11) is 2.92. The molecule has 1 aromatic heterocycles. The largest absolute Gasteiger partial charge is 0.545 e. The lowest BCUT2D eigenvalue weighted by Crippen LogP contribution is -2.23. The van der Waals surface area contributed by atoms with Crippen LogP contribution in [0.1, 0.15) is 10.4 Å². The zero-order chi connectivity index (χ0) is 19.0. The Morgan fingerprint density at radius 3 is 2.63 bits per heavy atom. The molecule has 0 saturated carbocycles. The zero-order valence-electron chi connectivity index (χ0n) is 14.5. The molecule has 0 atom stereocenters. The minimum Gasteiger partial charge on any atom is -0.545 e. The summed E-state index contributed by atoms with van der Waals surface area (Å²) in [4.78, 5) is 11.4. The molecule has 4 rings (SSSR count). The summed E-state index contributed by atoms with van der Waals surface area (Å²) in [6, 6.07) is 8.20. The highest BCUT2D eigenvalue weighted by molar-refractivity contribution is 5.92. The Bertz CT molecular complexity index is 1020. The lowest BCUT2D eigenvalue weighted by atomic mass is 9.99. The van der Waals surface area contributed by atoms with Gasteiger partial charge in [-0.2, -0.15) is 0 Å². The molecule has 8 heteroatoms. The Kier molecular flexibility index (Phi) is 4.08. The van der Waals surface area contributed by atoms with Gasteiger partial charge in [0.15, 0.2) is 17.3 Å². The van der Waals surface area contributed by atoms with Crippen LogP contribution in [0.3, 0.4) is 0 Å². The summed E-state index contributed by atoms with van der Waals surface area (Å²) in [5.41, 5.74) is 1.77. The van der Waals surface area contributed by atoms with E-state index in [1.807, 2.05) is 0 Å². The van der Waals surface area contributed by atoms with Gasteiger partial charge in [-0.05, 0) is 29.8 Å². The summed E-state index contributed by atoms with van der Waals surface area (Å²) < 4.78 is 26.7. The van der Waals surface area contributed by atoms with E-state index in [4.69, 9.17) is 23.5 Å². The van der Waals surface area contributed by atoms with Crippen molar-refractivity contribution in [2.75, 3.05) is 21.0 Å². The Labute approximate surface area is 153 Å². The molecule has 0 unspecified atom stereocenters. The van der Waals surface area contributed by atoms with Crippen LogP contribution in [-0.2, 0) is 0 Å². The van der Waals surface area contributed by atoms with Crippen LogP contribution in [-0.4, -0.2) is 32.1 Å². The van der Waals surface area contributed by atoms with Crippen LogP contribution in [0.25, 0.3) is 22.5 Å². The van der Waals surface area contributed by atoms with Crippen molar-refractivity contribution in [2.24, 2.45) is 0 Å². The van der Waals surface area contributed by atoms with Gasteiger partial charge in [-0.25, -0.2) is 0 Å². The maximum absolute atomic E-state index is 11.4. The first-order valence-electron chi connectivity index (χ1n) is 7.94. The molecule has 1 aliphatic rings. The molecule has 2 heterocycles. The molecule has 1 aliphatic heterocycles. The predicted octanol–water partition coefficient (Wildman–Crippen LogP) is 2.12. The van der Waals surface area contributed by atoms with Gasteiger partial charge in [0, 0.05) is 16.7 Å². The fourth-order valence-corrected chi connectivity index (χ4v) is 2.95. The van der Waals surface area contributed by atoms with Gasteiger partial charge in [0.05, 0.1) is 26.4 Å². The molecule has 0 aliphatic carbocycles. The lowest BCUT2D eigenvalue weighted by Gasteiger charge is -2.11. The van der Waals surface area contributed by atoms with Crippen molar-refractivity contribution in [2.45, 2.75) is 0 Å². The summed E-state index contributed by atoms with van der Waals surface area (Å²) in [5.74, 6) is 0.842. The van der Waals surface area contributed by atoms with Gasteiger partial charge >= 0.3 is 0 Å². The number of carboxylic acid groups (broad SMARTS) is 1. The van der Waals surface area contributed by atoms with Gasteiger partial charge in [-0.15, -0.1) is 0 Å². The normalized spacial score (nSPS) is 12.1. The van der Waals surface area contributed by atoms with E-state index in [0.717, 1.165) is 0 Å². The van der Waals surface area contributed by atoms with Crippen LogP contribution in [0.15, 0.2) is 41.1 Å². The number of carbonyl (C=O) groups is 1. The number of fused-ring (bicyclic) bond motifs is 1. The van der Waals surface area contributed by atoms with E-state index >= 15 is 0 Å². The first-order chi connectivity index (χ1) is 13.1. The van der Waals surface area contributed by atoms with Crippen molar-refractivity contribution in [1.29, 1.82) is 0 Å². The number of hydrogen-bond acceptors (Lipinski definition) is 8. The number of nitrogens with zero attached hydrogens (tertiary/aromatic N) is 1. The smallest absolute Gasteiger partial charge is 0.231 e. The molecule has 0 radical (unpaired) electrons. The highest BCUT2D eigenvalue weighted by Gasteiger charge is 2.23. The van der Waals surface area contributed by atoms with Crippen molar-refractivity contribution >= 4 is 5.97 Å². The lowest BCUT2D eigenvalue weighted by molar-refractivity contribution is -0.255. The van der Waals surface area contributed by atoms with Crippen LogP contribution in [0.5, 0.6) is 23.0 Å². The topological polar surface area (TPSA) is 103 Å². The number of carboxylic acids is 1. The van der Waals surface area contributed by atoms with Gasteiger partial charge in [0.25, 0.3) is 0 Å². The van der Waals surface area contributed by atoms with Gasteiger partial charge in [-0.1, -0.05) is 11.2 Å². The van der Waals surface area contributed by atoms with Crippen LogP contribution in [0, 0.1) is 0 Å². The molecule has 0 amide bonds. The molecule has 0 N–H and O–H groups in total. The predicted molar refractivity (Wildman–Crippen MR) is 90.9 cm³/mol. The van der Waals surface area contributed by atoms with E-state index in [2.05, 4.69) is 5.16 Å². The Morgan fingerprint density at radius 2 is 1.89 bits per heavy atom. The molecule has 0 saturated heterocycles. The summed E-state index contributed by atoms with van der Waals surface area (Å²) in [6.45, 7) is 0.103. The summed E-state index contributed by atoms with van der Waals surface area (Å²) >= 11 is 0. The van der Waals surface area contributed by atoms with Gasteiger partial charge in [0.2, 0.25) is 12.5 Å². The van der Waals surface area contributed by atoms with Crippen LogP contribution in [0.4, 0.5) is 0 Å². The number of methoxy groups -OCH3 is 2. The third kappa shape index (κ3) is 2.80. The monoisotopic (exact) mass is 368 g/mol. The number of ether oxygens (including phenoxy) is 4. The van der Waals surface area contributed by atoms with Crippen LogP contribution >= 0.6 is 0 Å². The molecule has 2 aromatic carbocycles. The number of aromatic nitrogens is 1. The van der Waals surface area contributed by atoms with Crippen molar-refractivity contribution in [1.82, 2.24) is 5.16 Å². The maximum atomic E-state index is 11.4. The van der Waals surface area contributed by atoms with E-state index in [1.165, 1.54) is 26.5 Å². The van der Waals surface area contributed by atoms with Gasteiger partial charge in [0.1, 0.15) is 5.75 Å². The average molecular weight is 368 g/mol. The highest BCUT2D eigenvalue weighted by atomic mass is 16.7. The van der Waals surface area contributed by atoms with E-state index in [1.54, 1.807) is 24.3 Å². The number of carbonyl (C=O) groups excluding carboxylic acids is 1. The second-order valence-corrected chi connectivity index (χ2v) is 5.68. The first-order valence-corrected chi connectivity index (χ1v) is 7.94. The SMILES string of the molecule is COc1ccc(-c2cnoc2-c2cc(OC)c3c(c2)OCO3)cc1C(=O)[O-]. The summed E-state index contributed by atoms with van der Waals surface area (Å²) in [5, 5.41) is 15.3. The highest BCUT2D eigenvalue weighted by Crippen LogP contribution is 2.45. The van der Waals surface area contributed by atoms with Crippen LogP contribution < -0.4 is 24.1 Å². The third-order valence-electron chi connectivity index (χ3n) is 4.22. The molecule has 138 valence electrons.